The van der Waals surface area contributed by atoms with E-state index in [-0.39, 0.29) is 29.3 Å². The van der Waals surface area contributed by atoms with E-state index in [9.17, 15) is 4.79 Å². The molecule has 136 valence electrons. The Kier molecular flexibility index (Phi) is 4.34. The molecule has 8 nitrogen and oxygen atoms in total. The number of ether oxygens (including phenoxy) is 2. The molecule has 0 bridgehead atoms. The van der Waals surface area contributed by atoms with Gasteiger partial charge in [-0.1, -0.05) is 0 Å². The summed E-state index contributed by atoms with van der Waals surface area (Å²) in [6.07, 6.45) is 3.30. The minimum absolute atomic E-state index is 0.133. The van der Waals surface area contributed by atoms with Crippen LogP contribution in [0, 0.1) is 11.3 Å². The molecule has 0 radical (unpaired) electrons. The Hall–Kier alpha value is -3.60. The summed E-state index contributed by atoms with van der Waals surface area (Å²) in [6, 6.07) is 9.05. The number of furan rings is 1. The van der Waals surface area contributed by atoms with Crippen molar-refractivity contribution in [2.24, 2.45) is 0 Å². The van der Waals surface area contributed by atoms with E-state index < -0.39 is 0 Å². The van der Waals surface area contributed by atoms with Crippen LogP contribution in [0.3, 0.4) is 0 Å². The van der Waals surface area contributed by atoms with Gasteiger partial charge in [-0.2, -0.15) is 5.26 Å². The number of fused-ring (bicyclic) bond motifs is 1. The van der Waals surface area contributed by atoms with Crippen LogP contribution < -0.4 is 9.47 Å². The summed E-state index contributed by atoms with van der Waals surface area (Å²) in [5.74, 6) is 0.969. The molecule has 4 rings (SSSR count). The molecule has 1 saturated heterocycles. The monoisotopic (exact) mass is 364 g/mol. The van der Waals surface area contributed by atoms with Crippen LogP contribution in [0.15, 0.2) is 41.1 Å². The summed E-state index contributed by atoms with van der Waals surface area (Å²) in [4.78, 5) is 22.4. The number of carbonyl (C=O) groups excluding carboxylic acids is 1. The third-order valence-corrected chi connectivity index (χ3v) is 4.42. The summed E-state index contributed by atoms with van der Waals surface area (Å²) in [6.45, 7) is 0.923. The first kappa shape index (κ1) is 16.8. The normalized spacial score (nSPS) is 16.3. The number of hydrogen-bond acceptors (Lipinski definition) is 7. The number of aromatic nitrogens is 2. The summed E-state index contributed by atoms with van der Waals surface area (Å²) in [5.41, 5.74) is 0.762. The Morgan fingerprint density at radius 1 is 1.33 bits per heavy atom. The molecule has 1 aromatic carbocycles. The lowest BCUT2D eigenvalue weighted by Gasteiger charge is -2.15. The smallest absolute Gasteiger partial charge is 0.289 e. The SMILES string of the molecule is COc1ccc2oc(C(=O)N3CC[C@H](Oc4nccnc4C#N)C3)cc2c1. The van der Waals surface area contributed by atoms with Crippen LogP contribution in [0.1, 0.15) is 22.7 Å². The molecular weight excluding hydrogens is 348 g/mol. The Morgan fingerprint density at radius 2 is 2.19 bits per heavy atom. The minimum atomic E-state index is -0.248. The van der Waals surface area contributed by atoms with E-state index >= 15 is 0 Å². The second-order valence-corrected chi connectivity index (χ2v) is 6.12. The van der Waals surface area contributed by atoms with Crippen LogP contribution in [-0.2, 0) is 0 Å². The third kappa shape index (κ3) is 3.27. The van der Waals surface area contributed by atoms with Gasteiger partial charge in [-0.3, -0.25) is 4.79 Å². The highest BCUT2D eigenvalue weighted by molar-refractivity contribution is 5.96. The van der Waals surface area contributed by atoms with Gasteiger partial charge in [0, 0.05) is 30.7 Å². The average Bonchev–Trinajstić information content (AvgIpc) is 3.34. The van der Waals surface area contributed by atoms with Gasteiger partial charge < -0.3 is 18.8 Å². The topological polar surface area (TPSA) is 101 Å². The van der Waals surface area contributed by atoms with Gasteiger partial charge in [-0.25, -0.2) is 9.97 Å². The predicted molar refractivity (Wildman–Crippen MR) is 94.4 cm³/mol. The zero-order chi connectivity index (χ0) is 18.8. The zero-order valence-corrected chi connectivity index (χ0v) is 14.6. The van der Waals surface area contributed by atoms with Gasteiger partial charge in [0.1, 0.15) is 23.5 Å². The maximum Gasteiger partial charge on any atom is 0.289 e. The number of likely N-dealkylation sites (tertiary alicyclic amines) is 1. The van der Waals surface area contributed by atoms with E-state index in [4.69, 9.17) is 19.2 Å². The molecule has 1 aliphatic heterocycles. The number of nitrogens with zero attached hydrogens (tertiary/aromatic N) is 4. The molecule has 3 aromatic rings. The summed E-state index contributed by atoms with van der Waals surface area (Å²) in [5, 5.41) is 9.88. The predicted octanol–water partition coefficient (Wildman–Crippen LogP) is 2.40. The van der Waals surface area contributed by atoms with Crippen LogP contribution in [0.2, 0.25) is 0 Å². The molecule has 1 aliphatic rings. The lowest BCUT2D eigenvalue weighted by atomic mass is 10.2. The largest absolute Gasteiger partial charge is 0.497 e. The second kappa shape index (κ2) is 6.96. The first-order chi connectivity index (χ1) is 13.2. The molecule has 1 atom stereocenters. The standard InChI is InChI=1S/C19H16N4O4/c1-25-13-2-3-16-12(8-13)9-17(27-16)19(24)23-7-4-14(11-23)26-18-15(10-20)21-5-6-22-18/h2-3,5-6,8-9,14H,4,7,11H2,1H3/t14-/m0/s1. The van der Waals surface area contributed by atoms with Crippen LogP contribution in [0.25, 0.3) is 11.0 Å². The van der Waals surface area contributed by atoms with Gasteiger partial charge in [-0.05, 0) is 24.3 Å². The van der Waals surface area contributed by atoms with Crippen molar-refractivity contribution in [3.05, 3.63) is 48.1 Å². The highest BCUT2D eigenvalue weighted by Crippen LogP contribution is 2.26. The Balaban J connectivity index is 1.47. The molecule has 0 saturated carbocycles. The van der Waals surface area contributed by atoms with E-state index in [0.29, 0.717) is 30.8 Å². The molecular formula is C19H16N4O4. The fraction of sp³-hybridized carbons (Fsp3) is 0.263. The number of nitriles is 1. The van der Waals surface area contributed by atoms with E-state index in [1.807, 2.05) is 12.1 Å². The Morgan fingerprint density at radius 3 is 3.00 bits per heavy atom. The first-order valence-electron chi connectivity index (χ1n) is 8.42. The number of carbonyl (C=O) groups is 1. The quantitative estimate of drug-likeness (QED) is 0.700. The van der Waals surface area contributed by atoms with E-state index in [2.05, 4.69) is 9.97 Å². The van der Waals surface area contributed by atoms with Crippen LogP contribution in [0.5, 0.6) is 11.6 Å². The molecule has 0 N–H and O–H groups in total. The maximum absolute atomic E-state index is 12.8. The first-order valence-corrected chi connectivity index (χ1v) is 8.42. The van der Waals surface area contributed by atoms with E-state index in [1.165, 1.54) is 12.4 Å². The van der Waals surface area contributed by atoms with Crippen molar-refractivity contribution in [2.75, 3.05) is 20.2 Å². The molecule has 0 aliphatic carbocycles. The van der Waals surface area contributed by atoms with Crippen molar-refractivity contribution in [1.29, 1.82) is 5.26 Å². The fourth-order valence-corrected chi connectivity index (χ4v) is 3.06. The van der Waals surface area contributed by atoms with Gasteiger partial charge in [0.15, 0.2) is 5.76 Å². The number of amides is 1. The van der Waals surface area contributed by atoms with Gasteiger partial charge in [0.25, 0.3) is 11.8 Å². The summed E-state index contributed by atoms with van der Waals surface area (Å²) in [7, 11) is 1.59. The molecule has 3 heterocycles. The molecule has 2 aromatic heterocycles. The number of hydrogen-bond donors (Lipinski definition) is 0. The number of benzene rings is 1. The van der Waals surface area contributed by atoms with Crippen molar-refractivity contribution in [3.8, 4) is 17.7 Å². The Labute approximate surface area is 154 Å². The molecule has 8 heteroatoms. The molecule has 1 fully saturated rings. The van der Waals surface area contributed by atoms with Gasteiger partial charge in [0.05, 0.1) is 13.7 Å². The minimum Gasteiger partial charge on any atom is -0.497 e. The molecule has 0 spiro atoms. The van der Waals surface area contributed by atoms with Crippen LogP contribution in [-0.4, -0.2) is 47.1 Å². The maximum atomic E-state index is 12.8. The number of rotatable bonds is 4. The van der Waals surface area contributed by atoms with Gasteiger partial charge in [-0.15, -0.1) is 0 Å². The highest BCUT2D eigenvalue weighted by Gasteiger charge is 2.30. The van der Waals surface area contributed by atoms with Crippen molar-refractivity contribution in [3.63, 3.8) is 0 Å². The molecule has 27 heavy (non-hydrogen) atoms. The van der Waals surface area contributed by atoms with Crippen molar-refractivity contribution >= 4 is 16.9 Å². The van der Waals surface area contributed by atoms with Crippen LogP contribution in [0.4, 0.5) is 0 Å². The number of methoxy groups -OCH3 is 1. The molecule has 0 unspecified atom stereocenters. The van der Waals surface area contributed by atoms with Gasteiger partial charge >= 0.3 is 0 Å². The second-order valence-electron chi connectivity index (χ2n) is 6.12. The van der Waals surface area contributed by atoms with Crippen molar-refractivity contribution in [1.82, 2.24) is 14.9 Å². The fourth-order valence-electron chi connectivity index (χ4n) is 3.06. The van der Waals surface area contributed by atoms with E-state index in [1.54, 1.807) is 30.2 Å². The summed E-state index contributed by atoms with van der Waals surface area (Å²) >= 11 is 0. The highest BCUT2D eigenvalue weighted by atomic mass is 16.5. The van der Waals surface area contributed by atoms with Crippen molar-refractivity contribution in [2.45, 2.75) is 12.5 Å². The van der Waals surface area contributed by atoms with Crippen molar-refractivity contribution < 1.29 is 18.7 Å². The lowest BCUT2D eigenvalue weighted by Crippen LogP contribution is -2.30. The van der Waals surface area contributed by atoms with Gasteiger partial charge in [0.2, 0.25) is 5.69 Å². The lowest BCUT2D eigenvalue weighted by molar-refractivity contribution is 0.0742. The van der Waals surface area contributed by atoms with E-state index in [0.717, 1.165) is 5.39 Å². The Bertz CT molecular complexity index is 1040. The third-order valence-electron chi connectivity index (χ3n) is 4.42. The van der Waals surface area contributed by atoms with Crippen LogP contribution >= 0.6 is 0 Å². The molecule has 1 amide bonds. The average molecular weight is 364 g/mol. The summed E-state index contributed by atoms with van der Waals surface area (Å²) < 4.78 is 16.6. The zero-order valence-electron chi connectivity index (χ0n) is 14.6.